The highest BCUT2D eigenvalue weighted by Gasteiger charge is 2.18. The number of fused-ring (bicyclic) bond motifs is 1. The van der Waals surface area contributed by atoms with Crippen molar-refractivity contribution in [2.24, 2.45) is 5.73 Å². The molecule has 31 heavy (non-hydrogen) atoms. The lowest BCUT2D eigenvalue weighted by Gasteiger charge is -2.25. The highest BCUT2D eigenvalue weighted by Crippen LogP contribution is 2.35. The van der Waals surface area contributed by atoms with Crippen LogP contribution in [-0.4, -0.2) is 50.4 Å². The van der Waals surface area contributed by atoms with Crippen molar-refractivity contribution in [3.8, 4) is 0 Å². The highest BCUT2D eigenvalue weighted by atomic mass is 35.5. The molecule has 2 unspecified atom stereocenters. The Morgan fingerprint density at radius 3 is 2.29 bits per heavy atom. The highest BCUT2D eigenvalue weighted by molar-refractivity contribution is 7.86. The Balaban J connectivity index is 0.000000858. The van der Waals surface area contributed by atoms with E-state index in [-0.39, 0.29) is 0 Å². The summed E-state index contributed by atoms with van der Waals surface area (Å²) >= 11 is 12.4. The zero-order chi connectivity index (χ0) is 22.4. The van der Waals surface area contributed by atoms with Gasteiger partial charge in [-0.05, 0) is 42.9 Å². The van der Waals surface area contributed by atoms with E-state index >= 15 is 0 Å². The molecule has 0 saturated carbocycles. The lowest BCUT2D eigenvalue weighted by molar-refractivity contribution is 0.380. The molecule has 2 heterocycles. The summed E-state index contributed by atoms with van der Waals surface area (Å²) in [5.41, 5.74) is 6.18. The van der Waals surface area contributed by atoms with Gasteiger partial charge in [0.05, 0.1) is 31.0 Å². The Hall–Kier alpha value is -1.46. The van der Waals surface area contributed by atoms with E-state index in [1.54, 1.807) is 42.6 Å². The first kappa shape index (κ1) is 24.2. The zero-order valence-corrected chi connectivity index (χ0v) is 20.1. The number of hydrogen-bond acceptors (Lipinski definition) is 4. The second-order valence-corrected chi connectivity index (χ2v) is 10.2. The molecule has 0 bridgehead atoms. The maximum Gasteiger partial charge on any atom is 0.150 e. The first-order valence-electron chi connectivity index (χ1n) is 9.77. The van der Waals surface area contributed by atoms with Crippen LogP contribution in [0, 0.1) is 0 Å². The monoisotopic (exact) mass is 501 g/mol. The smallest absolute Gasteiger partial charge is 0.150 e. The van der Waals surface area contributed by atoms with E-state index < -0.39 is 22.0 Å². The number of nitrogens with one attached hydrogen (secondary N) is 3. The number of nitrogens with two attached hydrogens (primary N) is 1. The molecule has 7 nitrogen and oxygen atoms in total. The zero-order valence-electron chi connectivity index (χ0n) is 17.0. The van der Waals surface area contributed by atoms with Gasteiger partial charge >= 0.3 is 0 Å². The minimum atomic E-state index is -1.49. The second-order valence-electron chi connectivity index (χ2n) is 6.66. The van der Waals surface area contributed by atoms with Crippen molar-refractivity contribution in [3.05, 3.63) is 52.6 Å². The van der Waals surface area contributed by atoms with Crippen LogP contribution in [0.15, 0.2) is 52.4 Å². The van der Waals surface area contributed by atoms with E-state index in [0.29, 0.717) is 36.4 Å². The van der Waals surface area contributed by atoms with Crippen molar-refractivity contribution >= 4 is 61.8 Å². The number of halogens is 2. The summed E-state index contributed by atoms with van der Waals surface area (Å²) in [7, 11) is -2.70. The molecule has 2 atom stereocenters. The van der Waals surface area contributed by atoms with Crippen LogP contribution >= 0.6 is 23.2 Å². The van der Waals surface area contributed by atoms with E-state index in [1.807, 2.05) is 11.2 Å². The first-order valence-corrected chi connectivity index (χ1v) is 12.8. The maximum absolute atomic E-state index is 12.8. The second kappa shape index (κ2) is 11.4. The summed E-state index contributed by atoms with van der Waals surface area (Å²) in [6, 6.07) is 10.4. The van der Waals surface area contributed by atoms with Crippen LogP contribution in [0.1, 0.15) is 6.92 Å². The number of hydrogen-bond donors (Lipinski definition) is 4. The predicted octanol–water partition coefficient (Wildman–Crippen LogP) is 3.50. The standard InChI is InChI=1S/C18H18Cl2N4O2S2.C2H7N/c19-14-5-6-16(18-17(14)15(20)11-22-18)23-27(25)12-1-3-13(4-2-12)28(26)24-9-7-21-8-10-24;1-2-3/h1-6,11,21-23H,7-10H2;2-3H2,1H3. The summed E-state index contributed by atoms with van der Waals surface area (Å²) in [5.74, 6) is 0. The molecule has 5 N–H and O–H groups in total. The van der Waals surface area contributed by atoms with Crippen LogP contribution in [0.3, 0.4) is 0 Å². The Kier molecular flexibility index (Phi) is 8.91. The van der Waals surface area contributed by atoms with Crippen LogP contribution in [0.2, 0.25) is 10.0 Å². The fourth-order valence-corrected chi connectivity index (χ4v) is 5.66. The molecular formula is C20H25Cl2N5O2S2. The SMILES string of the molecule is CCN.O=S(Nc1ccc(Cl)c2c(Cl)c[nH]c12)c1ccc(S(=O)N2CCNCC2)cc1. The average Bonchev–Trinajstić information content (AvgIpc) is 3.19. The number of piperazine rings is 1. The third kappa shape index (κ3) is 5.87. The van der Waals surface area contributed by atoms with Gasteiger partial charge in [-0.15, -0.1) is 0 Å². The summed E-state index contributed by atoms with van der Waals surface area (Å²) in [4.78, 5) is 4.34. The van der Waals surface area contributed by atoms with Gasteiger partial charge < -0.3 is 16.0 Å². The largest absolute Gasteiger partial charge is 0.358 e. The summed E-state index contributed by atoms with van der Waals surface area (Å²) in [5, 5.41) is 4.96. The fourth-order valence-electron chi connectivity index (χ4n) is 3.05. The molecular weight excluding hydrogens is 477 g/mol. The van der Waals surface area contributed by atoms with Gasteiger partial charge in [0, 0.05) is 37.8 Å². The molecule has 1 aliphatic heterocycles. The van der Waals surface area contributed by atoms with Gasteiger partial charge in [0.15, 0.2) is 0 Å². The number of rotatable bonds is 5. The van der Waals surface area contributed by atoms with Gasteiger partial charge in [-0.25, -0.2) is 12.7 Å². The van der Waals surface area contributed by atoms with Crippen molar-refractivity contribution in [1.82, 2.24) is 14.6 Å². The predicted molar refractivity (Wildman–Crippen MR) is 130 cm³/mol. The third-order valence-corrected chi connectivity index (χ3v) is 7.72. The summed E-state index contributed by atoms with van der Waals surface area (Å²) in [6.45, 7) is 5.80. The molecule has 3 aromatic rings. The van der Waals surface area contributed by atoms with Crippen LogP contribution in [0.25, 0.3) is 10.9 Å². The minimum Gasteiger partial charge on any atom is -0.358 e. The van der Waals surface area contributed by atoms with E-state index in [2.05, 4.69) is 15.0 Å². The molecule has 1 saturated heterocycles. The average molecular weight is 502 g/mol. The van der Waals surface area contributed by atoms with Crippen molar-refractivity contribution in [1.29, 1.82) is 0 Å². The quantitative estimate of drug-likeness (QED) is 0.429. The topological polar surface area (TPSA) is 103 Å². The van der Waals surface area contributed by atoms with Crippen molar-refractivity contribution in [3.63, 3.8) is 0 Å². The molecule has 0 spiro atoms. The molecule has 4 rings (SSSR count). The number of aromatic nitrogens is 1. The number of anilines is 1. The van der Waals surface area contributed by atoms with Gasteiger partial charge in [0.2, 0.25) is 0 Å². The minimum absolute atomic E-state index is 0.508. The number of benzene rings is 2. The van der Waals surface area contributed by atoms with Gasteiger partial charge in [0.25, 0.3) is 0 Å². The van der Waals surface area contributed by atoms with Crippen molar-refractivity contribution in [2.45, 2.75) is 16.7 Å². The maximum atomic E-state index is 12.8. The number of H-pyrrole nitrogens is 1. The van der Waals surface area contributed by atoms with Gasteiger partial charge in [0.1, 0.15) is 22.0 Å². The van der Waals surface area contributed by atoms with Crippen LogP contribution in [0.5, 0.6) is 0 Å². The van der Waals surface area contributed by atoms with E-state index in [9.17, 15) is 8.42 Å². The Labute approximate surface area is 196 Å². The Bertz CT molecular complexity index is 1070. The van der Waals surface area contributed by atoms with Gasteiger partial charge in [-0.1, -0.05) is 30.1 Å². The van der Waals surface area contributed by atoms with E-state index in [0.717, 1.165) is 32.7 Å². The molecule has 11 heteroatoms. The fraction of sp³-hybridized carbons (Fsp3) is 0.300. The van der Waals surface area contributed by atoms with Crippen LogP contribution in [0.4, 0.5) is 5.69 Å². The summed E-state index contributed by atoms with van der Waals surface area (Å²) in [6.07, 6.45) is 1.65. The third-order valence-electron chi connectivity index (χ3n) is 4.49. The molecule has 1 fully saturated rings. The van der Waals surface area contributed by atoms with Crippen LogP contribution < -0.4 is 15.8 Å². The molecule has 0 aliphatic carbocycles. The first-order chi connectivity index (χ1) is 15.0. The van der Waals surface area contributed by atoms with E-state index in [4.69, 9.17) is 28.9 Å². The number of aromatic amines is 1. The van der Waals surface area contributed by atoms with Crippen molar-refractivity contribution in [2.75, 3.05) is 37.4 Å². The molecule has 1 aromatic heterocycles. The molecule has 0 amide bonds. The van der Waals surface area contributed by atoms with Gasteiger partial charge in [-0.3, -0.25) is 4.72 Å². The van der Waals surface area contributed by atoms with E-state index in [1.165, 1.54) is 0 Å². The summed E-state index contributed by atoms with van der Waals surface area (Å²) < 4.78 is 30.3. The lowest BCUT2D eigenvalue weighted by atomic mass is 10.2. The molecule has 1 aliphatic rings. The van der Waals surface area contributed by atoms with Gasteiger partial charge in [-0.2, -0.15) is 0 Å². The van der Waals surface area contributed by atoms with Crippen LogP contribution in [-0.2, 0) is 22.0 Å². The Morgan fingerprint density at radius 2 is 1.65 bits per heavy atom. The lowest BCUT2D eigenvalue weighted by Crippen LogP contribution is -2.44. The molecule has 168 valence electrons. The normalized spacial score (nSPS) is 16.4. The molecule has 0 radical (unpaired) electrons. The van der Waals surface area contributed by atoms with Crippen molar-refractivity contribution < 1.29 is 8.42 Å². The number of nitrogens with zero attached hydrogens (tertiary/aromatic N) is 1. The molecule has 2 aromatic carbocycles. The Morgan fingerprint density at radius 1 is 1.03 bits per heavy atom.